The van der Waals surface area contributed by atoms with Crippen molar-refractivity contribution >= 4 is 17.5 Å². The van der Waals surface area contributed by atoms with Gasteiger partial charge in [0.15, 0.2) is 0 Å². The van der Waals surface area contributed by atoms with Crippen LogP contribution >= 0.6 is 11.6 Å². The maximum absolute atomic E-state index is 12.1. The predicted molar refractivity (Wildman–Crippen MR) is 86.4 cm³/mol. The van der Waals surface area contributed by atoms with Crippen LogP contribution < -0.4 is 5.32 Å². The van der Waals surface area contributed by atoms with E-state index >= 15 is 0 Å². The van der Waals surface area contributed by atoms with Gasteiger partial charge in [0, 0.05) is 12.7 Å². The van der Waals surface area contributed by atoms with Crippen LogP contribution in [-0.2, 0) is 0 Å². The summed E-state index contributed by atoms with van der Waals surface area (Å²) >= 11 is 6.11. The summed E-state index contributed by atoms with van der Waals surface area (Å²) in [7, 11) is 0. The lowest BCUT2D eigenvalue weighted by atomic mass is 9.92. The molecule has 0 aliphatic heterocycles. The Morgan fingerprint density at radius 3 is 2.77 bits per heavy atom. The third-order valence-electron chi connectivity index (χ3n) is 3.79. The smallest absolute Gasteiger partial charge is 0.254 e. The summed E-state index contributed by atoms with van der Waals surface area (Å²) in [5, 5.41) is 17.6. The molecular weight excluding hydrogens is 302 g/mol. The number of aromatic nitrogens is 2. The normalized spacial score (nSPS) is 13.9. The molecule has 0 saturated carbocycles. The van der Waals surface area contributed by atoms with Crippen LogP contribution in [0.5, 0.6) is 0 Å². The minimum absolute atomic E-state index is 0.0404. The summed E-state index contributed by atoms with van der Waals surface area (Å²) in [4.78, 5) is 12.1. The van der Waals surface area contributed by atoms with Gasteiger partial charge in [0.25, 0.3) is 5.91 Å². The Kier molecular flexibility index (Phi) is 4.88. The molecule has 0 bridgehead atoms. The number of rotatable bonds is 5. The molecule has 6 heteroatoms. The van der Waals surface area contributed by atoms with Crippen molar-refractivity contribution in [1.82, 2.24) is 15.1 Å². The van der Waals surface area contributed by atoms with Crippen molar-refractivity contribution < 1.29 is 9.90 Å². The molecule has 2 N–H and O–H groups in total. The first-order valence-electron chi connectivity index (χ1n) is 7.11. The predicted octanol–water partition coefficient (Wildman–Crippen LogP) is 2.66. The zero-order valence-electron chi connectivity index (χ0n) is 12.9. The highest BCUT2D eigenvalue weighted by atomic mass is 35.5. The van der Waals surface area contributed by atoms with Gasteiger partial charge in [-0.25, -0.2) is 4.68 Å². The van der Waals surface area contributed by atoms with Crippen LogP contribution in [0.25, 0.3) is 5.69 Å². The zero-order chi connectivity index (χ0) is 16.3. The fourth-order valence-electron chi connectivity index (χ4n) is 1.77. The Hall–Kier alpha value is -1.85. The first-order chi connectivity index (χ1) is 10.3. The number of nitrogens with zero attached hydrogens (tertiary/aromatic N) is 2. The quantitative estimate of drug-likeness (QED) is 0.889. The standard InChI is InChI=1S/C16H20ClN3O2/c1-11(2)16(3,22)10-18-15(21)12-8-19-20(9-12)14-7-5-4-6-13(14)17/h4-9,11,22H,10H2,1-3H3,(H,18,21). The first kappa shape index (κ1) is 16.5. The van der Waals surface area contributed by atoms with Crippen molar-refractivity contribution in [3.05, 3.63) is 47.2 Å². The van der Waals surface area contributed by atoms with Crippen LogP contribution in [-0.4, -0.2) is 32.9 Å². The second-order valence-electron chi connectivity index (χ2n) is 5.82. The molecule has 22 heavy (non-hydrogen) atoms. The highest BCUT2D eigenvalue weighted by Crippen LogP contribution is 2.19. The Morgan fingerprint density at radius 1 is 1.45 bits per heavy atom. The number of amides is 1. The molecule has 1 amide bonds. The van der Waals surface area contributed by atoms with Gasteiger partial charge in [-0.3, -0.25) is 4.79 Å². The number of carbonyl (C=O) groups excluding carboxylic acids is 1. The van der Waals surface area contributed by atoms with Crippen molar-refractivity contribution in [3.8, 4) is 5.69 Å². The molecule has 2 aromatic rings. The molecule has 2 rings (SSSR count). The van der Waals surface area contributed by atoms with Gasteiger partial charge in [-0.15, -0.1) is 0 Å². The molecular formula is C16H20ClN3O2. The zero-order valence-corrected chi connectivity index (χ0v) is 13.6. The van der Waals surface area contributed by atoms with E-state index in [0.717, 1.165) is 0 Å². The maximum Gasteiger partial charge on any atom is 0.254 e. The number of carbonyl (C=O) groups is 1. The third kappa shape index (κ3) is 3.67. The fraction of sp³-hybridized carbons (Fsp3) is 0.375. The Bertz CT molecular complexity index is 665. The van der Waals surface area contributed by atoms with Gasteiger partial charge < -0.3 is 10.4 Å². The Morgan fingerprint density at radius 2 is 2.14 bits per heavy atom. The number of hydrogen-bond acceptors (Lipinski definition) is 3. The molecule has 1 unspecified atom stereocenters. The van der Waals surface area contributed by atoms with E-state index < -0.39 is 5.60 Å². The lowest BCUT2D eigenvalue weighted by Gasteiger charge is -2.27. The van der Waals surface area contributed by atoms with Crippen LogP contribution in [0.2, 0.25) is 5.02 Å². The summed E-state index contributed by atoms with van der Waals surface area (Å²) in [6, 6.07) is 7.26. The number of aliphatic hydroxyl groups is 1. The minimum atomic E-state index is -0.950. The van der Waals surface area contributed by atoms with Crippen LogP contribution in [0, 0.1) is 5.92 Å². The Balaban J connectivity index is 2.09. The van der Waals surface area contributed by atoms with E-state index in [9.17, 15) is 9.90 Å². The molecule has 1 aromatic carbocycles. The van der Waals surface area contributed by atoms with E-state index in [1.807, 2.05) is 32.0 Å². The summed E-state index contributed by atoms with van der Waals surface area (Å²) in [6.07, 6.45) is 3.09. The molecule has 1 aromatic heterocycles. The van der Waals surface area contributed by atoms with Gasteiger partial charge in [0.05, 0.1) is 28.1 Å². The highest BCUT2D eigenvalue weighted by molar-refractivity contribution is 6.32. The van der Waals surface area contributed by atoms with Gasteiger partial charge in [0.2, 0.25) is 0 Å². The molecule has 0 fully saturated rings. The van der Waals surface area contributed by atoms with Gasteiger partial charge in [-0.2, -0.15) is 5.10 Å². The number of hydrogen-bond donors (Lipinski definition) is 2. The number of para-hydroxylation sites is 1. The largest absolute Gasteiger partial charge is 0.388 e. The average molecular weight is 322 g/mol. The molecule has 1 atom stereocenters. The van der Waals surface area contributed by atoms with E-state index in [1.165, 1.54) is 6.20 Å². The number of halogens is 1. The van der Waals surface area contributed by atoms with Crippen molar-refractivity contribution in [2.75, 3.05) is 6.54 Å². The van der Waals surface area contributed by atoms with Crippen molar-refractivity contribution in [3.63, 3.8) is 0 Å². The van der Waals surface area contributed by atoms with Crippen molar-refractivity contribution in [1.29, 1.82) is 0 Å². The molecule has 0 spiro atoms. The monoisotopic (exact) mass is 321 g/mol. The molecule has 0 radical (unpaired) electrons. The summed E-state index contributed by atoms with van der Waals surface area (Å²) in [5.74, 6) is -0.238. The van der Waals surface area contributed by atoms with E-state index in [2.05, 4.69) is 10.4 Å². The Labute approximate surface area is 134 Å². The van der Waals surface area contributed by atoms with Crippen molar-refractivity contribution in [2.24, 2.45) is 5.92 Å². The molecule has 0 aliphatic rings. The summed E-state index contributed by atoms with van der Waals surface area (Å²) in [5.41, 5.74) is 0.172. The maximum atomic E-state index is 12.1. The lowest BCUT2D eigenvalue weighted by Crippen LogP contribution is -2.44. The van der Waals surface area contributed by atoms with E-state index in [4.69, 9.17) is 11.6 Å². The molecule has 118 valence electrons. The molecule has 0 saturated heterocycles. The molecule has 0 aliphatic carbocycles. The van der Waals surface area contributed by atoms with Crippen molar-refractivity contribution in [2.45, 2.75) is 26.4 Å². The number of benzene rings is 1. The molecule has 1 heterocycles. The van der Waals surface area contributed by atoms with Crippen LogP contribution in [0.15, 0.2) is 36.7 Å². The second kappa shape index (κ2) is 6.50. The lowest BCUT2D eigenvalue weighted by molar-refractivity contribution is 0.0142. The summed E-state index contributed by atoms with van der Waals surface area (Å²) in [6.45, 7) is 5.69. The second-order valence-corrected chi connectivity index (χ2v) is 6.23. The van der Waals surface area contributed by atoms with E-state index in [-0.39, 0.29) is 18.4 Å². The fourth-order valence-corrected chi connectivity index (χ4v) is 2.00. The van der Waals surface area contributed by atoms with Gasteiger partial charge >= 0.3 is 0 Å². The van der Waals surface area contributed by atoms with Gasteiger partial charge in [0.1, 0.15) is 0 Å². The number of nitrogens with one attached hydrogen (secondary N) is 1. The average Bonchev–Trinajstić information content (AvgIpc) is 2.95. The highest BCUT2D eigenvalue weighted by Gasteiger charge is 2.25. The van der Waals surface area contributed by atoms with Crippen LogP contribution in [0.4, 0.5) is 0 Å². The van der Waals surface area contributed by atoms with E-state index in [1.54, 1.807) is 23.9 Å². The SMILES string of the molecule is CC(C)C(C)(O)CNC(=O)c1cnn(-c2ccccc2Cl)c1. The van der Waals surface area contributed by atoms with Crippen LogP contribution in [0.1, 0.15) is 31.1 Å². The summed E-state index contributed by atoms with van der Waals surface area (Å²) < 4.78 is 1.55. The third-order valence-corrected chi connectivity index (χ3v) is 4.11. The molecule has 5 nitrogen and oxygen atoms in total. The van der Waals surface area contributed by atoms with Crippen LogP contribution in [0.3, 0.4) is 0 Å². The van der Waals surface area contributed by atoms with Gasteiger partial charge in [-0.05, 0) is 25.0 Å². The van der Waals surface area contributed by atoms with E-state index in [0.29, 0.717) is 16.3 Å². The van der Waals surface area contributed by atoms with Gasteiger partial charge in [-0.1, -0.05) is 37.6 Å². The minimum Gasteiger partial charge on any atom is -0.388 e. The topological polar surface area (TPSA) is 67.2 Å². The first-order valence-corrected chi connectivity index (χ1v) is 7.49.